The third-order valence-corrected chi connectivity index (χ3v) is 5.08. The van der Waals surface area contributed by atoms with Crippen molar-refractivity contribution in [2.24, 2.45) is 0 Å². The van der Waals surface area contributed by atoms with Crippen LogP contribution in [0.25, 0.3) is 0 Å². The monoisotopic (exact) mass is 356 g/mol. The highest BCUT2D eigenvalue weighted by molar-refractivity contribution is 14.1. The van der Waals surface area contributed by atoms with E-state index in [1.165, 1.54) is 12.1 Å². The normalized spacial score (nSPS) is 15.7. The molecule has 1 aromatic carbocycles. The van der Waals surface area contributed by atoms with E-state index in [1.807, 2.05) is 22.6 Å². The zero-order valence-corrected chi connectivity index (χ0v) is 11.4. The molecule has 90 valence electrons. The molecule has 0 unspecified atom stereocenters. The molecule has 0 fully saturated rings. The third-order valence-electron chi connectivity index (χ3n) is 2.08. The van der Waals surface area contributed by atoms with Crippen molar-refractivity contribution in [3.05, 3.63) is 30.3 Å². The van der Waals surface area contributed by atoms with E-state index in [9.17, 15) is 13.5 Å². The molecule has 1 rings (SSSR count). The fourth-order valence-corrected chi connectivity index (χ4v) is 3.22. The van der Waals surface area contributed by atoms with E-state index in [4.69, 9.17) is 5.11 Å². The Labute approximate surface area is 108 Å². The first kappa shape index (κ1) is 13.9. The van der Waals surface area contributed by atoms with Crippen LogP contribution >= 0.6 is 22.6 Å². The number of aliphatic hydroxyl groups excluding tert-OH is 2. The minimum atomic E-state index is -3.48. The van der Waals surface area contributed by atoms with Crippen LogP contribution in [0.1, 0.15) is 0 Å². The molecule has 0 saturated carbocycles. The molecular weight excluding hydrogens is 343 g/mol. The van der Waals surface area contributed by atoms with Gasteiger partial charge in [0, 0.05) is 0 Å². The van der Waals surface area contributed by atoms with Gasteiger partial charge in [-0.15, -0.1) is 0 Å². The van der Waals surface area contributed by atoms with Crippen molar-refractivity contribution in [1.29, 1.82) is 0 Å². The van der Waals surface area contributed by atoms with Gasteiger partial charge >= 0.3 is 0 Å². The number of rotatable bonds is 5. The van der Waals surface area contributed by atoms with Crippen LogP contribution in [0, 0.1) is 0 Å². The average Bonchev–Trinajstić information content (AvgIpc) is 2.28. The van der Waals surface area contributed by atoms with Gasteiger partial charge in [0.05, 0.1) is 27.3 Å². The van der Waals surface area contributed by atoms with Gasteiger partial charge in [0.15, 0.2) is 9.84 Å². The highest BCUT2D eigenvalue weighted by atomic mass is 127. The summed E-state index contributed by atoms with van der Waals surface area (Å²) in [6.07, 6.45) is -1.06. The van der Waals surface area contributed by atoms with Crippen molar-refractivity contribution in [2.75, 3.05) is 12.4 Å². The van der Waals surface area contributed by atoms with E-state index in [2.05, 4.69) is 0 Å². The van der Waals surface area contributed by atoms with E-state index >= 15 is 0 Å². The Bertz CT molecular complexity index is 418. The van der Waals surface area contributed by atoms with Gasteiger partial charge in [0.25, 0.3) is 0 Å². The van der Waals surface area contributed by atoms with Crippen LogP contribution in [0.5, 0.6) is 0 Å². The van der Waals surface area contributed by atoms with Gasteiger partial charge in [-0.1, -0.05) is 40.8 Å². The lowest BCUT2D eigenvalue weighted by Gasteiger charge is -2.15. The van der Waals surface area contributed by atoms with Crippen molar-refractivity contribution in [1.82, 2.24) is 0 Å². The van der Waals surface area contributed by atoms with E-state index in [0.717, 1.165) is 0 Å². The molecule has 0 radical (unpaired) electrons. The van der Waals surface area contributed by atoms with E-state index in [0.29, 0.717) is 0 Å². The van der Waals surface area contributed by atoms with Crippen LogP contribution in [0.2, 0.25) is 0 Å². The molecule has 2 atom stereocenters. The lowest BCUT2D eigenvalue weighted by Crippen LogP contribution is -2.31. The third kappa shape index (κ3) is 3.69. The summed E-state index contributed by atoms with van der Waals surface area (Å²) in [5.41, 5.74) is 0. The summed E-state index contributed by atoms with van der Waals surface area (Å²) in [4.78, 5) is 0.190. The molecule has 0 heterocycles. The largest absolute Gasteiger partial charge is 0.395 e. The standard InChI is InChI=1S/C10H13IO4S/c11-9(6-12)10(13)7-16(14,15)8-4-2-1-3-5-8/h1-5,9-10,12-13H,6-7H2/t9-,10+/m0/s1. The summed E-state index contributed by atoms with van der Waals surface area (Å²) < 4.78 is 23.2. The molecule has 4 nitrogen and oxygen atoms in total. The number of halogens is 1. The number of hydrogen-bond donors (Lipinski definition) is 2. The van der Waals surface area contributed by atoms with Crippen LogP contribution in [0.3, 0.4) is 0 Å². The van der Waals surface area contributed by atoms with Gasteiger partial charge in [0.2, 0.25) is 0 Å². The molecule has 6 heteroatoms. The Morgan fingerprint density at radius 1 is 1.25 bits per heavy atom. The van der Waals surface area contributed by atoms with Crippen molar-refractivity contribution >= 4 is 32.4 Å². The molecule has 1 aromatic rings. The lowest BCUT2D eigenvalue weighted by molar-refractivity contribution is 0.164. The predicted molar refractivity (Wildman–Crippen MR) is 69.4 cm³/mol. The summed E-state index contributed by atoms with van der Waals surface area (Å²) in [5, 5.41) is 18.4. The Balaban J connectivity index is 2.81. The molecule has 0 aliphatic heterocycles. The zero-order chi connectivity index (χ0) is 12.2. The van der Waals surface area contributed by atoms with Gasteiger partial charge in [-0.2, -0.15) is 0 Å². The summed E-state index contributed by atoms with van der Waals surface area (Å²) >= 11 is 1.83. The first-order valence-corrected chi connectivity index (χ1v) is 7.58. The average molecular weight is 356 g/mol. The van der Waals surface area contributed by atoms with Crippen molar-refractivity contribution in [3.8, 4) is 0 Å². The molecule has 2 N–H and O–H groups in total. The van der Waals surface area contributed by atoms with Crippen LogP contribution in [-0.4, -0.2) is 41.0 Å². The van der Waals surface area contributed by atoms with Crippen molar-refractivity contribution in [2.45, 2.75) is 14.9 Å². The first-order valence-electron chi connectivity index (χ1n) is 4.68. The number of sulfone groups is 1. The molecule has 0 aliphatic rings. The number of alkyl halides is 1. The first-order chi connectivity index (χ1) is 7.47. The second kappa shape index (κ2) is 5.95. The van der Waals surface area contributed by atoms with Crippen molar-refractivity contribution in [3.63, 3.8) is 0 Å². The van der Waals surface area contributed by atoms with Crippen LogP contribution in [0.15, 0.2) is 35.2 Å². The summed E-state index contributed by atoms with van der Waals surface area (Å²) in [7, 11) is -3.48. The van der Waals surface area contributed by atoms with Crippen molar-refractivity contribution < 1.29 is 18.6 Å². The molecule has 0 spiro atoms. The molecule has 0 aromatic heterocycles. The fraction of sp³-hybridized carbons (Fsp3) is 0.400. The Kier molecular flexibility index (Phi) is 5.16. The van der Waals surface area contributed by atoms with Crippen LogP contribution in [-0.2, 0) is 9.84 Å². The SMILES string of the molecule is O=S(=O)(C[C@@H](O)[C@@H](I)CO)c1ccccc1. The topological polar surface area (TPSA) is 74.6 Å². The van der Waals surface area contributed by atoms with Crippen LogP contribution in [0.4, 0.5) is 0 Å². The molecule has 0 amide bonds. The van der Waals surface area contributed by atoms with Gasteiger partial charge in [-0.3, -0.25) is 0 Å². The summed E-state index contributed by atoms with van der Waals surface area (Å²) in [6.45, 7) is -0.244. The minimum absolute atomic E-state index is 0.190. The molecule has 0 saturated heterocycles. The number of benzene rings is 1. The van der Waals surface area contributed by atoms with E-state index < -0.39 is 19.9 Å². The Hall–Kier alpha value is -0.180. The summed E-state index contributed by atoms with van der Waals surface area (Å²) in [5.74, 6) is -0.370. The van der Waals surface area contributed by atoms with Gasteiger partial charge in [-0.05, 0) is 12.1 Å². The zero-order valence-electron chi connectivity index (χ0n) is 8.45. The van der Waals surface area contributed by atoms with Gasteiger partial charge in [-0.25, -0.2) is 8.42 Å². The second-order valence-corrected chi connectivity index (χ2v) is 6.99. The maximum atomic E-state index is 11.8. The smallest absolute Gasteiger partial charge is 0.180 e. The second-order valence-electron chi connectivity index (χ2n) is 3.36. The molecule has 0 bridgehead atoms. The number of hydrogen-bond acceptors (Lipinski definition) is 4. The molecule has 16 heavy (non-hydrogen) atoms. The van der Waals surface area contributed by atoms with E-state index in [1.54, 1.807) is 18.2 Å². The molecule has 0 aliphatic carbocycles. The van der Waals surface area contributed by atoms with E-state index in [-0.39, 0.29) is 17.3 Å². The van der Waals surface area contributed by atoms with Crippen LogP contribution < -0.4 is 0 Å². The van der Waals surface area contributed by atoms with Gasteiger partial charge < -0.3 is 10.2 Å². The lowest BCUT2D eigenvalue weighted by atomic mass is 10.3. The number of aliphatic hydroxyl groups is 2. The maximum Gasteiger partial charge on any atom is 0.180 e. The highest BCUT2D eigenvalue weighted by Gasteiger charge is 2.24. The minimum Gasteiger partial charge on any atom is -0.395 e. The quantitative estimate of drug-likeness (QED) is 0.599. The maximum absolute atomic E-state index is 11.8. The molecular formula is C10H13IO4S. The highest BCUT2D eigenvalue weighted by Crippen LogP contribution is 2.15. The Morgan fingerprint density at radius 3 is 2.31 bits per heavy atom. The fourth-order valence-electron chi connectivity index (χ4n) is 1.17. The van der Waals surface area contributed by atoms with Gasteiger partial charge in [0.1, 0.15) is 0 Å². The predicted octanol–water partition coefficient (Wildman–Crippen LogP) is 0.617. The summed E-state index contributed by atoms with van der Waals surface area (Å²) in [6, 6.07) is 7.97. The Morgan fingerprint density at radius 2 is 1.81 bits per heavy atom.